The van der Waals surface area contributed by atoms with Gasteiger partial charge in [0.1, 0.15) is 17.2 Å². The van der Waals surface area contributed by atoms with Gasteiger partial charge in [0, 0.05) is 12.1 Å². The standard InChI is InChI=1S/C23H22N2O4/c1-28-19-11-7-17(8-12-19)15-24-22(26)16-25-23(27)18-9-13-21(14-10-18)29-20-5-3-2-4-6-20/h2-14H,15-16H2,1H3,(H,24,26)(H,25,27). The minimum atomic E-state index is -0.323. The van der Waals surface area contributed by atoms with Gasteiger partial charge in [0.05, 0.1) is 13.7 Å². The third-order valence-corrected chi connectivity index (χ3v) is 4.15. The van der Waals surface area contributed by atoms with E-state index in [4.69, 9.17) is 9.47 Å². The molecule has 0 aromatic heterocycles. The lowest BCUT2D eigenvalue weighted by Crippen LogP contribution is -2.36. The molecule has 3 rings (SSSR count). The van der Waals surface area contributed by atoms with Crippen LogP contribution in [-0.4, -0.2) is 25.5 Å². The Morgan fingerprint density at radius 2 is 1.38 bits per heavy atom. The molecule has 0 bridgehead atoms. The third kappa shape index (κ3) is 6.10. The SMILES string of the molecule is COc1ccc(CNC(=O)CNC(=O)c2ccc(Oc3ccccc3)cc2)cc1. The van der Waals surface area contributed by atoms with E-state index in [1.54, 1.807) is 31.4 Å². The molecule has 3 aromatic carbocycles. The maximum absolute atomic E-state index is 12.2. The average molecular weight is 390 g/mol. The minimum absolute atomic E-state index is 0.0999. The molecule has 0 saturated carbocycles. The molecule has 0 aliphatic heterocycles. The van der Waals surface area contributed by atoms with Crippen LogP contribution in [0.15, 0.2) is 78.9 Å². The molecular formula is C23H22N2O4. The van der Waals surface area contributed by atoms with Crippen molar-refractivity contribution in [2.75, 3.05) is 13.7 Å². The van der Waals surface area contributed by atoms with Gasteiger partial charge in [0.15, 0.2) is 0 Å². The molecule has 0 aliphatic rings. The van der Waals surface area contributed by atoms with Gasteiger partial charge < -0.3 is 20.1 Å². The lowest BCUT2D eigenvalue weighted by Gasteiger charge is -2.09. The maximum atomic E-state index is 12.2. The van der Waals surface area contributed by atoms with Crippen LogP contribution in [0.3, 0.4) is 0 Å². The van der Waals surface area contributed by atoms with Gasteiger partial charge in [-0.15, -0.1) is 0 Å². The lowest BCUT2D eigenvalue weighted by molar-refractivity contribution is -0.120. The Morgan fingerprint density at radius 1 is 0.759 bits per heavy atom. The van der Waals surface area contributed by atoms with Crippen molar-refractivity contribution in [3.8, 4) is 17.2 Å². The van der Waals surface area contributed by atoms with Crippen molar-refractivity contribution in [3.63, 3.8) is 0 Å². The summed E-state index contributed by atoms with van der Waals surface area (Å²) in [5, 5.41) is 5.38. The second kappa shape index (κ2) is 9.94. The highest BCUT2D eigenvalue weighted by Gasteiger charge is 2.08. The van der Waals surface area contributed by atoms with Gasteiger partial charge in [-0.25, -0.2) is 0 Å². The zero-order valence-electron chi connectivity index (χ0n) is 16.1. The number of para-hydroxylation sites is 1. The number of hydrogen-bond donors (Lipinski definition) is 2. The Labute approximate surface area is 169 Å². The van der Waals surface area contributed by atoms with Crippen molar-refractivity contribution in [3.05, 3.63) is 90.0 Å². The van der Waals surface area contributed by atoms with Crippen LogP contribution in [0.2, 0.25) is 0 Å². The maximum Gasteiger partial charge on any atom is 0.251 e. The van der Waals surface area contributed by atoms with E-state index < -0.39 is 0 Å². The summed E-state index contributed by atoms with van der Waals surface area (Å²) in [7, 11) is 1.60. The molecule has 0 atom stereocenters. The molecular weight excluding hydrogens is 368 g/mol. The van der Waals surface area contributed by atoms with Crippen molar-refractivity contribution in [2.45, 2.75) is 6.54 Å². The summed E-state index contributed by atoms with van der Waals surface area (Å²) >= 11 is 0. The number of methoxy groups -OCH3 is 1. The molecule has 0 heterocycles. The number of amides is 2. The number of rotatable bonds is 8. The van der Waals surface area contributed by atoms with Crippen molar-refractivity contribution in [1.29, 1.82) is 0 Å². The van der Waals surface area contributed by atoms with E-state index in [2.05, 4.69) is 10.6 Å². The summed E-state index contributed by atoms with van der Waals surface area (Å²) in [4.78, 5) is 24.2. The van der Waals surface area contributed by atoms with Gasteiger partial charge in [-0.3, -0.25) is 9.59 Å². The Balaban J connectivity index is 1.44. The molecule has 0 aliphatic carbocycles. The summed E-state index contributed by atoms with van der Waals surface area (Å²) in [6.45, 7) is 0.279. The van der Waals surface area contributed by atoms with Crippen LogP contribution >= 0.6 is 0 Å². The van der Waals surface area contributed by atoms with E-state index in [-0.39, 0.29) is 18.4 Å². The lowest BCUT2D eigenvalue weighted by atomic mass is 10.2. The predicted molar refractivity (Wildman–Crippen MR) is 110 cm³/mol. The van der Waals surface area contributed by atoms with E-state index in [0.29, 0.717) is 17.9 Å². The zero-order chi connectivity index (χ0) is 20.5. The van der Waals surface area contributed by atoms with Gasteiger partial charge in [0.25, 0.3) is 5.91 Å². The zero-order valence-corrected chi connectivity index (χ0v) is 16.1. The van der Waals surface area contributed by atoms with E-state index in [1.165, 1.54) is 0 Å². The van der Waals surface area contributed by atoms with Gasteiger partial charge >= 0.3 is 0 Å². The van der Waals surface area contributed by atoms with Gasteiger partial charge in [-0.05, 0) is 54.1 Å². The molecule has 29 heavy (non-hydrogen) atoms. The van der Waals surface area contributed by atoms with Crippen LogP contribution < -0.4 is 20.1 Å². The summed E-state index contributed by atoms with van der Waals surface area (Å²) in [5.41, 5.74) is 1.40. The smallest absolute Gasteiger partial charge is 0.251 e. The fourth-order valence-corrected chi connectivity index (χ4v) is 2.57. The fourth-order valence-electron chi connectivity index (χ4n) is 2.57. The van der Waals surface area contributed by atoms with Crippen LogP contribution in [-0.2, 0) is 11.3 Å². The highest BCUT2D eigenvalue weighted by molar-refractivity contribution is 5.96. The number of carbonyl (C=O) groups is 2. The van der Waals surface area contributed by atoms with Gasteiger partial charge in [-0.2, -0.15) is 0 Å². The van der Waals surface area contributed by atoms with Crippen LogP contribution in [0.5, 0.6) is 17.2 Å². The Morgan fingerprint density at radius 3 is 2.03 bits per heavy atom. The normalized spacial score (nSPS) is 10.1. The number of carbonyl (C=O) groups excluding carboxylic acids is 2. The number of ether oxygens (including phenoxy) is 2. The molecule has 0 fully saturated rings. The number of benzene rings is 3. The highest BCUT2D eigenvalue weighted by Crippen LogP contribution is 2.21. The first-order valence-corrected chi connectivity index (χ1v) is 9.15. The van der Waals surface area contributed by atoms with E-state index in [1.807, 2.05) is 54.6 Å². The van der Waals surface area contributed by atoms with Crippen LogP contribution in [0.4, 0.5) is 0 Å². The summed E-state index contributed by atoms with van der Waals surface area (Å²) in [6, 6.07) is 23.5. The van der Waals surface area contributed by atoms with Crippen molar-refractivity contribution in [1.82, 2.24) is 10.6 Å². The van der Waals surface area contributed by atoms with E-state index in [9.17, 15) is 9.59 Å². The first-order valence-electron chi connectivity index (χ1n) is 9.15. The van der Waals surface area contributed by atoms with Crippen LogP contribution in [0.25, 0.3) is 0 Å². The minimum Gasteiger partial charge on any atom is -0.497 e. The molecule has 6 heteroatoms. The Bertz CT molecular complexity index is 939. The van der Waals surface area contributed by atoms with E-state index >= 15 is 0 Å². The first kappa shape index (κ1) is 19.9. The van der Waals surface area contributed by atoms with Crippen LogP contribution in [0, 0.1) is 0 Å². The highest BCUT2D eigenvalue weighted by atomic mass is 16.5. The summed E-state index contributed by atoms with van der Waals surface area (Å²) < 4.78 is 10.8. The molecule has 0 saturated heterocycles. The largest absolute Gasteiger partial charge is 0.497 e. The first-order chi connectivity index (χ1) is 14.1. The molecule has 0 spiro atoms. The Kier molecular flexibility index (Phi) is 6.84. The molecule has 0 unspecified atom stereocenters. The third-order valence-electron chi connectivity index (χ3n) is 4.15. The fraction of sp³-hybridized carbons (Fsp3) is 0.130. The second-order valence-electron chi connectivity index (χ2n) is 6.25. The summed E-state index contributed by atoms with van der Waals surface area (Å²) in [6.07, 6.45) is 0. The molecule has 2 N–H and O–H groups in total. The van der Waals surface area contributed by atoms with Gasteiger partial charge in [-0.1, -0.05) is 30.3 Å². The van der Waals surface area contributed by atoms with E-state index in [0.717, 1.165) is 17.1 Å². The monoisotopic (exact) mass is 390 g/mol. The molecule has 3 aromatic rings. The van der Waals surface area contributed by atoms with Crippen molar-refractivity contribution in [2.24, 2.45) is 0 Å². The molecule has 2 amide bonds. The molecule has 6 nitrogen and oxygen atoms in total. The van der Waals surface area contributed by atoms with Crippen molar-refractivity contribution >= 4 is 11.8 Å². The average Bonchev–Trinajstić information content (AvgIpc) is 2.77. The Hall–Kier alpha value is -3.80. The topological polar surface area (TPSA) is 76.7 Å². The van der Waals surface area contributed by atoms with Gasteiger partial charge in [0.2, 0.25) is 5.91 Å². The quantitative estimate of drug-likeness (QED) is 0.617. The summed E-state index contributed by atoms with van der Waals surface area (Å²) in [5.74, 6) is 1.52. The number of hydrogen-bond acceptors (Lipinski definition) is 4. The molecule has 0 radical (unpaired) electrons. The van der Waals surface area contributed by atoms with Crippen molar-refractivity contribution < 1.29 is 19.1 Å². The van der Waals surface area contributed by atoms with Crippen LogP contribution in [0.1, 0.15) is 15.9 Å². The predicted octanol–water partition coefficient (Wildman–Crippen LogP) is 3.53. The number of nitrogens with one attached hydrogen (secondary N) is 2. The molecule has 148 valence electrons. The second-order valence-corrected chi connectivity index (χ2v) is 6.25.